The first kappa shape index (κ1) is 14.2. The molecule has 0 radical (unpaired) electrons. The van der Waals surface area contributed by atoms with E-state index < -0.39 is 4.92 Å². The molecule has 1 heterocycles. The van der Waals surface area contributed by atoms with Crippen molar-refractivity contribution in [1.29, 1.82) is 0 Å². The maximum atomic E-state index is 11.0. The molecule has 0 unspecified atom stereocenters. The zero-order valence-corrected chi connectivity index (χ0v) is 11.4. The zero-order chi connectivity index (χ0) is 14.5. The third-order valence-electron chi connectivity index (χ3n) is 2.54. The highest BCUT2D eigenvalue weighted by Gasteiger charge is 2.19. The lowest BCUT2D eigenvalue weighted by Gasteiger charge is -2.10. The first-order valence-electron chi connectivity index (χ1n) is 5.82. The van der Waals surface area contributed by atoms with Crippen LogP contribution in [0.4, 0.5) is 5.69 Å². The highest BCUT2D eigenvalue weighted by atomic mass is 35.5. The predicted molar refractivity (Wildman–Crippen MR) is 75.2 cm³/mol. The molecule has 0 aliphatic heterocycles. The summed E-state index contributed by atoms with van der Waals surface area (Å²) in [6.45, 7) is 0.581. The summed E-state index contributed by atoms with van der Waals surface area (Å²) in [4.78, 5) is 14.3. The lowest BCUT2D eigenvalue weighted by molar-refractivity contribution is -0.386. The largest absolute Gasteiger partial charge is 0.433 e. The van der Waals surface area contributed by atoms with Crippen LogP contribution in [0.2, 0.25) is 5.02 Å². The van der Waals surface area contributed by atoms with Crippen molar-refractivity contribution in [1.82, 2.24) is 10.3 Å². The molecular weight excluding hydrogens is 282 g/mol. The fourth-order valence-corrected chi connectivity index (χ4v) is 1.82. The average molecular weight is 294 g/mol. The van der Waals surface area contributed by atoms with Crippen LogP contribution in [0.5, 0.6) is 11.6 Å². The predicted octanol–water partition coefficient (Wildman–Crippen LogP) is 3.15. The summed E-state index contributed by atoms with van der Waals surface area (Å²) in [6.07, 6.45) is 1.31. The molecule has 0 aliphatic rings. The van der Waals surface area contributed by atoms with Crippen LogP contribution in [0.25, 0.3) is 0 Å². The van der Waals surface area contributed by atoms with Crippen molar-refractivity contribution in [2.24, 2.45) is 0 Å². The monoisotopic (exact) mass is 293 g/mol. The lowest BCUT2D eigenvalue weighted by atomic mass is 10.2. The summed E-state index contributed by atoms with van der Waals surface area (Å²) in [5.41, 5.74) is 0.609. The molecule has 0 atom stereocenters. The van der Waals surface area contributed by atoms with Crippen molar-refractivity contribution in [2.75, 3.05) is 7.05 Å². The SMILES string of the molecule is CNCc1ccccc1Oc1ncc(Cl)cc1[N+](=O)[O-]. The molecule has 0 saturated carbocycles. The van der Waals surface area contributed by atoms with Gasteiger partial charge in [0, 0.05) is 18.2 Å². The average Bonchev–Trinajstić information content (AvgIpc) is 2.43. The number of para-hydroxylation sites is 1. The number of hydrogen-bond donors (Lipinski definition) is 1. The first-order chi connectivity index (χ1) is 9.61. The van der Waals surface area contributed by atoms with Crippen LogP contribution in [-0.4, -0.2) is 17.0 Å². The molecule has 2 aromatic rings. The maximum Gasteiger partial charge on any atom is 0.332 e. The Balaban J connectivity index is 2.37. The number of nitrogens with zero attached hydrogens (tertiary/aromatic N) is 2. The Labute approximate surface area is 120 Å². The molecule has 0 amide bonds. The standard InChI is InChI=1S/C13H12ClN3O3/c1-15-7-9-4-2-3-5-12(9)20-13-11(17(18)19)6-10(14)8-16-13/h2-6,8,15H,7H2,1H3. The van der Waals surface area contributed by atoms with Gasteiger partial charge >= 0.3 is 5.69 Å². The van der Waals surface area contributed by atoms with Crippen LogP contribution in [0.15, 0.2) is 36.5 Å². The molecule has 104 valence electrons. The van der Waals surface area contributed by atoms with Gasteiger partial charge in [-0.3, -0.25) is 10.1 Å². The number of ether oxygens (including phenoxy) is 1. The van der Waals surface area contributed by atoms with E-state index in [9.17, 15) is 10.1 Å². The minimum absolute atomic E-state index is 0.0806. The van der Waals surface area contributed by atoms with E-state index in [2.05, 4.69) is 10.3 Å². The molecule has 1 aromatic carbocycles. The number of benzene rings is 1. The van der Waals surface area contributed by atoms with Crippen molar-refractivity contribution in [2.45, 2.75) is 6.54 Å². The number of rotatable bonds is 5. The van der Waals surface area contributed by atoms with E-state index in [4.69, 9.17) is 16.3 Å². The van der Waals surface area contributed by atoms with E-state index in [0.29, 0.717) is 12.3 Å². The van der Waals surface area contributed by atoms with Crippen LogP contribution in [0, 0.1) is 10.1 Å². The Hall–Kier alpha value is -2.18. The first-order valence-corrected chi connectivity index (χ1v) is 6.20. The smallest absolute Gasteiger partial charge is 0.332 e. The minimum atomic E-state index is -0.575. The van der Waals surface area contributed by atoms with Crippen LogP contribution in [0.1, 0.15) is 5.56 Å². The fraction of sp³-hybridized carbons (Fsp3) is 0.154. The van der Waals surface area contributed by atoms with Crippen LogP contribution >= 0.6 is 11.6 Å². The molecule has 0 aliphatic carbocycles. The molecule has 0 saturated heterocycles. The summed E-state index contributed by atoms with van der Waals surface area (Å²) >= 11 is 5.71. The fourth-order valence-electron chi connectivity index (χ4n) is 1.67. The zero-order valence-electron chi connectivity index (χ0n) is 10.7. The molecule has 0 bridgehead atoms. The quantitative estimate of drug-likeness (QED) is 0.677. The molecule has 20 heavy (non-hydrogen) atoms. The summed E-state index contributed by atoms with van der Waals surface area (Å²) in [7, 11) is 1.81. The van der Waals surface area contributed by atoms with Gasteiger partial charge in [-0.05, 0) is 13.1 Å². The molecular formula is C13H12ClN3O3. The normalized spacial score (nSPS) is 10.3. The van der Waals surface area contributed by atoms with Crippen LogP contribution in [0.3, 0.4) is 0 Å². The molecule has 6 nitrogen and oxygen atoms in total. The summed E-state index contributed by atoms with van der Waals surface area (Å²) in [5, 5.41) is 14.2. The van der Waals surface area contributed by atoms with Gasteiger partial charge in [-0.15, -0.1) is 0 Å². The van der Waals surface area contributed by atoms with Crippen molar-refractivity contribution >= 4 is 17.3 Å². The van der Waals surface area contributed by atoms with Crippen molar-refractivity contribution in [3.8, 4) is 11.6 Å². The van der Waals surface area contributed by atoms with Gasteiger partial charge in [-0.1, -0.05) is 29.8 Å². The van der Waals surface area contributed by atoms with Gasteiger partial charge in [-0.2, -0.15) is 0 Å². The topological polar surface area (TPSA) is 77.3 Å². The number of aromatic nitrogens is 1. The molecule has 1 N–H and O–H groups in total. The molecule has 0 spiro atoms. The molecule has 7 heteroatoms. The van der Waals surface area contributed by atoms with Crippen molar-refractivity contribution in [3.05, 3.63) is 57.2 Å². The number of nitrogens with one attached hydrogen (secondary N) is 1. The number of pyridine rings is 1. The Kier molecular flexibility index (Phi) is 4.49. The third-order valence-corrected chi connectivity index (χ3v) is 2.75. The Morgan fingerprint density at radius 1 is 1.45 bits per heavy atom. The highest BCUT2D eigenvalue weighted by Crippen LogP contribution is 2.32. The van der Waals surface area contributed by atoms with E-state index in [1.54, 1.807) is 19.2 Å². The van der Waals surface area contributed by atoms with Gasteiger partial charge in [0.15, 0.2) is 0 Å². The molecule has 0 fully saturated rings. The van der Waals surface area contributed by atoms with Crippen LogP contribution in [-0.2, 0) is 6.54 Å². The van der Waals surface area contributed by atoms with E-state index in [-0.39, 0.29) is 16.6 Å². The summed E-state index contributed by atoms with van der Waals surface area (Å²) in [5.74, 6) is 0.433. The van der Waals surface area contributed by atoms with E-state index in [1.165, 1.54) is 12.3 Å². The second-order valence-electron chi connectivity index (χ2n) is 3.98. The molecule has 1 aromatic heterocycles. The van der Waals surface area contributed by atoms with Crippen molar-refractivity contribution < 1.29 is 9.66 Å². The Morgan fingerprint density at radius 3 is 2.90 bits per heavy atom. The van der Waals surface area contributed by atoms with Crippen molar-refractivity contribution in [3.63, 3.8) is 0 Å². The van der Waals surface area contributed by atoms with Gasteiger partial charge in [0.2, 0.25) is 0 Å². The van der Waals surface area contributed by atoms with E-state index in [0.717, 1.165) is 5.56 Å². The number of hydrogen-bond acceptors (Lipinski definition) is 5. The second-order valence-corrected chi connectivity index (χ2v) is 4.41. The summed E-state index contributed by atoms with van der Waals surface area (Å²) < 4.78 is 5.56. The number of nitro groups is 1. The van der Waals surface area contributed by atoms with Gasteiger partial charge in [-0.25, -0.2) is 4.98 Å². The minimum Gasteiger partial charge on any atom is -0.433 e. The lowest BCUT2D eigenvalue weighted by Crippen LogP contribution is -2.06. The highest BCUT2D eigenvalue weighted by molar-refractivity contribution is 6.30. The Bertz CT molecular complexity index is 634. The van der Waals surface area contributed by atoms with Gasteiger partial charge in [0.1, 0.15) is 5.75 Å². The third kappa shape index (κ3) is 3.23. The van der Waals surface area contributed by atoms with E-state index >= 15 is 0 Å². The van der Waals surface area contributed by atoms with Gasteiger partial charge in [0.25, 0.3) is 5.88 Å². The van der Waals surface area contributed by atoms with E-state index in [1.807, 2.05) is 12.1 Å². The second kappa shape index (κ2) is 6.31. The Morgan fingerprint density at radius 2 is 2.20 bits per heavy atom. The summed E-state index contributed by atoms with van der Waals surface area (Å²) in [6, 6.07) is 8.46. The van der Waals surface area contributed by atoms with Gasteiger partial charge in [0.05, 0.1) is 16.1 Å². The number of halogens is 1. The van der Waals surface area contributed by atoms with Crippen LogP contribution < -0.4 is 10.1 Å². The van der Waals surface area contributed by atoms with Gasteiger partial charge < -0.3 is 10.1 Å². The maximum absolute atomic E-state index is 11.0. The molecule has 2 rings (SSSR count).